The summed E-state index contributed by atoms with van der Waals surface area (Å²) in [6.07, 6.45) is 0.449. The molecule has 1 atom stereocenters. The first-order valence-electron chi connectivity index (χ1n) is 12.0. The molecule has 36 heavy (non-hydrogen) atoms. The molecule has 2 aliphatic rings. The van der Waals surface area contributed by atoms with E-state index in [1.165, 1.54) is 23.9 Å². The third-order valence-corrected chi connectivity index (χ3v) is 7.29. The Labute approximate surface area is 214 Å². The highest BCUT2D eigenvalue weighted by atomic mass is 32.2. The number of likely N-dealkylation sites (tertiary alicyclic amines) is 1. The van der Waals surface area contributed by atoms with Gasteiger partial charge in [-0.15, -0.1) is 11.8 Å². The number of carbonyl (C=O) groups excluding carboxylic acids is 3. The smallest absolute Gasteiger partial charge is 0.410 e. The number of carbonyl (C=O) groups is 3. The van der Waals surface area contributed by atoms with Crippen molar-refractivity contribution >= 4 is 35.4 Å². The highest BCUT2D eigenvalue weighted by Gasteiger charge is 2.35. The maximum atomic E-state index is 13.4. The van der Waals surface area contributed by atoms with Crippen LogP contribution in [-0.4, -0.2) is 53.4 Å². The second-order valence-corrected chi connectivity index (χ2v) is 11.1. The standard InChI is InChI=1S/C27H31FN2O5S/c1-17-15-19(25(32)34-21-11-13-29(14-12-21)26(33)35-27(2,3)4)7-10-22(17)30-23(31)16-36-24(30)18-5-8-20(28)9-6-18/h5-10,15,21,24H,11-14,16H2,1-4H3. The number of hydrogen-bond acceptors (Lipinski definition) is 6. The lowest BCUT2D eigenvalue weighted by Gasteiger charge is -2.33. The molecule has 192 valence electrons. The van der Waals surface area contributed by atoms with Crippen LogP contribution in [0.25, 0.3) is 0 Å². The van der Waals surface area contributed by atoms with Gasteiger partial charge in [0.15, 0.2) is 0 Å². The van der Waals surface area contributed by atoms with Crippen LogP contribution in [0.3, 0.4) is 0 Å². The van der Waals surface area contributed by atoms with Gasteiger partial charge in [-0.05, 0) is 69.2 Å². The summed E-state index contributed by atoms with van der Waals surface area (Å²) >= 11 is 1.49. The molecule has 0 N–H and O–H groups in total. The summed E-state index contributed by atoms with van der Waals surface area (Å²) in [5, 5.41) is -0.259. The van der Waals surface area contributed by atoms with Crippen molar-refractivity contribution in [2.24, 2.45) is 0 Å². The van der Waals surface area contributed by atoms with Crippen LogP contribution in [0.15, 0.2) is 42.5 Å². The summed E-state index contributed by atoms with van der Waals surface area (Å²) in [5.41, 5.74) is 2.17. The Morgan fingerprint density at radius 2 is 1.72 bits per heavy atom. The predicted octanol–water partition coefficient (Wildman–Crippen LogP) is 5.47. The van der Waals surface area contributed by atoms with E-state index in [1.54, 1.807) is 40.1 Å². The Hall–Kier alpha value is -3.07. The Balaban J connectivity index is 1.39. The fraction of sp³-hybridized carbons (Fsp3) is 0.444. The molecule has 2 aliphatic heterocycles. The van der Waals surface area contributed by atoms with Crippen LogP contribution < -0.4 is 4.90 Å². The van der Waals surface area contributed by atoms with E-state index in [2.05, 4.69) is 0 Å². The van der Waals surface area contributed by atoms with Crippen LogP contribution in [0.4, 0.5) is 14.9 Å². The minimum absolute atomic E-state index is 0.0375. The Morgan fingerprint density at radius 3 is 2.33 bits per heavy atom. The highest BCUT2D eigenvalue weighted by molar-refractivity contribution is 8.00. The summed E-state index contributed by atoms with van der Waals surface area (Å²) in [6, 6.07) is 11.3. The second-order valence-electron chi connectivity index (χ2n) is 10.1. The average Bonchev–Trinajstić information content (AvgIpc) is 3.20. The quantitative estimate of drug-likeness (QED) is 0.504. The van der Waals surface area contributed by atoms with Crippen molar-refractivity contribution in [3.8, 4) is 0 Å². The van der Waals surface area contributed by atoms with E-state index in [0.717, 1.165) is 11.1 Å². The first-order chi connectivity index (χ1) is 17.0. The van der Waals surface area contributed by atoms with E-state index in [1.807, 2.05) is 27.7 Å². The molecule has 0 aliphatic carbocycles. The number of halogens is 1. The van der Waals surface area contributed by atoms with Crippen molar-refractivity contribution in [3.05, 3.63) is 65.0 Å². The summed E-state index contributed by atoms with van der Waals surface area (Å²) in [4.78, 5) is 41.1. The summed E-state index contributed by atoms with van der Waals surface area (Å²) in [7, 11) is 0. The van der Waals surface area contributed by atoms with Gasteiger partial charge >= 0.3 is 12.1 Å². The van der Waals surface area contributed by atoms with Crippen LogP contribution >= 0.6 is 11.8 Å². The zero-order valence-electron chi connectivity index (χ0n) is 21.0. The lowest BCUT2D eigenvalue weighted by atomic mass is 10.1. The van der Waals surface area contributed by atoms with Crippen molar-refractivity contribution in [2.75, 3.05) is 23.7 Å². The van der Waals surface area contributed by atoms with Crippen LogP contribution in [-0.2, 0) is 14.3 Å². The number of ether oxygens (including phenoxy) is 2. The molecule has 1 unspecified atom stereocenters. The van der Waals surface area contributed by atoms with Crippen LogP contribution in [0.5, 0.6) is 0 Å². The largest absolute Gasteiger partial charge is 0.459 e. The number of piperidine rings is 1. The molecule has 2 heterocycles. The molecule has 9 heteroatoms. The number of amides is 2. The van der Waals surface area contributed by atoms with Gasteiger partial charge in [0, 0.05) is 31.6 Å². The van der Waals surface area contributed by atoms with E-state index in [4.69, 9.17) is 9.47 Å². The molecular weight excluding hydrogens is 483 g/mol. The number of rotatable bonds is 4. The third-order valence-electron chi connectivity index (χ3n) is 6.08. The van der Waals surface area contributed by atoms with Crippen molar-refractivity contribution < 1.29 is 28.2 Å². The van der Waals surface area contributed by atoms with Gasteiger partial charge < -0.3 is 14.4 Å². The minimum Gasteiger partial charge on any atom is -0.459 e. The lowest BCUT2D eigenvalue weighted by Crippen LogP contribution is -2.43. The maximum absolute atomic E-state index is 13.4. The van der Waals surface area contributed by atoms with Gasteiger partial charge in [-0.3, -0.25) is 9.69 Å². The van der Waals surface area contributed by atoms with Crippen LogP contribution in [0.2, 0.25) is 0 Å². The van der Waals surface area contributed by atoms with Gasteiger partial charge in [0.05, 0.1) is 11.3 Å². The molecule has 0 spiro atoms. The second kappa shape index (κ2) is 10.5. The SMILES string of the molecule is Cc1cc(C(=O)OC2CCN(C(=O)OC(C)(C)C)CC2)ccc1N1C(=O)CSC1c1ccc(F)cc1. The van der Waals surface area contributed by atoms with Crippen molar-refractivity contribution in [3.63, 3.8) is 0 Å². The number of nitrogens with zero attached hydrogens (tertiary/aromatic N) is 2. The molecule has 0 aromatic heterocycles. The number of hydrogen-bond donors (Lipinski definition) is 0. The molecule has 2 fully saturated rings. The zero-order chi connectivity index (χ0) is 26.0. The molecular formula is C27H31FN2O5S. The monoisotopic (exact) mass is 514 g/mol. The number of thioether (sulfide) groups is 1. The number of esters is 1. The minimum atomic E-state index is -0.554. The van der Waals surface area contributed by atoms with Crippen LogP contribution in [0, 0.1) is 12.7 Å². The van der Waals surface area contributed by atoms with Gasteiger partial charge in [0.1, 0.15) is 22.9 Å². The fourth-order valence-electron chi connectivity index (χ4n) is 4.31. The van der Waals surface area contributed by atoms with Crippen molar-refractivity contribution in [1.29, 1.82) is 0 Å². The van der Waals surface area contributed by atoms with Gasteiger partial charge in [-0.25, -0.2) is 14.0 Å². The molecule has 2 amide bonds. The molecule has 0 radical (unpaired) electrons. The number of anilines is 1. The first-order valence-corrected chi connectivity index (χ1v) is 13.1. The van der Waals surface area contributed by atoms with Crippen molar-refractivity contribution in [1.82, 2.24) is 4.90 Å². The van der Waals surface area contributed by atoms with E-state index in [-0.39, 0.29) is 29.3 Å². The zero-order valence-corrected chi connectivity index (χ0v) is 21.8. The van der Waals surface area contributed by atoms with Gasteiger partial charge in [-0.1, -0.05) is 12.1 Å². The average molecular weight is 515 g/mol. The topological polar surface area (TPSA) is 76.2 Å². The number of aryl methyl sites for hydroxylation is 1. The predicted molar refractivity (Wildman–Crippen MR) is 137 cm³/mol. The molecule has 2 aromatic rings. The van der Waals surface area contributed by atoms with E-state index in [9.17, 15) is 18.8 Å². The molecule has 0 saturated carbocycles. The molecule has 7 nitrogen and oxygen atoms in total. The van der Waals surface area contributed by atoms with Gasteiger partial charge in [-0.2, -0.15) is 0 Å². The van der Waals surface area contributed by atoms with E-state index < -0.39 is 11.6 Å². The lowest BCUT2D eigenvalue weighted by molar-refractivity contribution is -0.115. The van der Waals surface area contributed by atoms with Crippen LogP contribution in [0.1, 0.15) is 60.5 Å². The maximum Gasteiger partial charge on any atom is 0.410 e. The first kappa shape index (κ1) is 26.0. The van der Waals surface area contributed by atoms with Gasteiger partial charge in [0.25, 0.3) is 0 Å². The molecule has 2 saturated heterocycles. The number of benzene rings is 2. The molecule has 4 rings (SSSR count). The summed E-state index contributed by atoms with van der Waals surface area (Å²) < 4.78 is 24.5. The fourth-order valence-corrected chi connectivity index (χ4v) is 5.48. The van der Waals surface area contributed by atoms with E-state index in [0.29, 0.717) is 42.9 Å². The Morgan fingerprint density at radius 1 is 1.06 bits per heavy atom. The third kappa shape index (κ3) is 6.00. The van der Waals surface area contributed by atoms with Crippen molar-refractivity contribution in [2.45, 2.75) is 57.6 Å². The summed E-state index contributed by atoms with van der Waals surface area (Å²) in [5.74, 6) is -0.468. The summed E-state index contributed by atoms with van der Waals surface area (Å²) in [6.45, 7) is 8.26. The Bertz CT molecular complexity index is 1140. The highest BCUT2D eigenvalue weighted by Crippen LogP contribution is 2.43. The normalized spacial score (nSPS) is 18.9. The van der Waals surface area contributed by atoms with E-state index >= 15 is 0 Å². The Kier molecular flexibility index (Phi) is 7.59. The molecule has 0 bridgehead atoms. The molecule has 2 aromatic carbocycles. The van der Waals surface area contributed by atoms with Gasteiger partial charge in [0.2, 0.25) is 5.91 Å².